The molecule has 0 aromatic heterocycles. The first-order valence-corrected chi connectivity index (χ1v) is 6.95. The van der Waals surface area contributed by atoms with E-state index in [1.54, 1.807) is 6.92 Å². The maximum Gasteiger partial charge on any atom is 0.329 e. The van der Waals surface area contributed by atoms with Crippen LogP contribution in [0.1, 0.15) is 32.6 Å². The Morgan fingerprint density at radius 1 is 1.32 bits per heavy atom. The summed E-state index contributed by atoms with van der Waals surface area (Å²) in [5, 5.41) is 9.31. The third-order valence-corrected chi connectivity index (χ3v) is 4.39. The number of carbonyl (C=O) groups is 2. The molecule has 1 unspecified atom stereocenters. The van der Waals surface area contributed by atoms with E-state index in [1.807, 2.05) is 0 Å². The van der Waals surface area contributed by atoms with Crippen LogP contribution in [0.15, 0.2) is 0 Å². The Balaban J connectivity index is 1.94. The van der Waals surface area contributed by atoms with Crippen LogP contribution >= 0.6 is 0 Å². The third-order valence-electron chi connectivity index (χ3n) is 4.39. The van der Waals surface area contributed by atoms with Crippen molar-refractivity contribution in [1.82, 2.24) is 9.80 Å². The van der Waals surface area contributed by atoms with E-state index >= 15 is 0 Å². The molecule has 0 aromatic rings. The van der Waals surface area contributed by atoms with Gasteiger partial charge >= 0.3 is 5.97 Å². The topological polar surface area (TPSA) is 86.9 Å². The van der Waals surface area contributed by atoms with Crippen molar-refractivity contribution in [2.24, 2.45) is 5.73 Å². The second-order valence-corrected chi connectivity index (χ2v) is 5.84. The maximum absolute atomic E-state index is 12.3. The molecule has 2 rings (SSSR count). The number of carboxylic acid groups (broad SMARTS) is 1. The first-order valence-electron chi connectivity index (χ1n) is 6.95. The summed E-state index contributed by atoms with van der Waals surface area (Å²) in [4.78, 5) is 27.3. The quantitative estimate of drug-likeness (QED) is 0.745. The highest BCUT2D eigenvalue weighted by Crippen LogP contribution is 2.29. The lowest BCUT2D eigenvalue weighted by molar-refractivity contribution is -0.155. The molecule has 2 aliphatic rings. The molecule has 2 heterocycles. The van der Waals surface area contributed by atoms with Crippen molar-refractivity contribution in [3.63, 3.8) is 0 Å². The minimum absolute atomic E-state index is 0.0714. The van der Waals surface area contributed by atoms with Crippen molar-refractivity contribution >= 4 is 11.9 Å². The van der Waals surface area contributed by atoms with Crippen LogP contribution in [0.25, 0.3) is 0 Å². The molecule has 6 nitrogen and oxygen atoms in total. The fourth-order valence-corrected chi connectivity index (χ4v) is 2.97. The summed E-state index contributed by atoms with van der Waals surface area (Å²) in [6.45, 7) is 4.16. The van der Waals surface area contributed by atoms with Gasteiger partial charge in [-0.15, -0.1) is 0 Å². The summed E-state index contributed by atoms with van der Waals surface area (Å²) < 4.78 is 0. The second kappa shape index (κ2) is 5.46. The fourth-order valence-electron chi connectivity index (χ4n) is 2.97. The zero-order valence-electron chi connectivity index (χ0n) is 11.5. The molecule has 0 aliphatic carbocycles. The second-order valence-electron chi connectivity index (χ2n) is 5.84. The Labute approximate surface area is 113 Å². The zero-order valence-corrected chi connectivity index (χ0v) is 11.5. The van der Waals surface area contributed by atoms with Gasteiger partial charge in [0, 0.05) is 25.7 Å². The van der Waals surface area contributed by atoms with Gasteiger partial charge in [0.2, 0.25) is 5.91 Å². The molecule has 2 saturated heterocycles. The highest BCUT2D eigenvalue weighted by molar-refractivity contribution is 5.88. The largest absolute Gasteiger partial charge is 0.480 e. The van der Waals surface area contributed by atoms with Gasteiger partial charge in [-0.05, 0) is 32.6 Å². The van der Waals surface area contributed by atoms with Crippen LogP contribution < -0.4 is 5.73 Å². The molecule has 19 heavy (non-hydrogen) atoms. The molecular formula is C13H23N3O3. The van der Waals surface area contributed by atoms with E-state index in [9.17, 15) is 14.7 Å². The summed E-state index contributed by atoms with van der Waals surface area (Å²) in [5.41, 5.74) is 4.81. The van der Waals surface area contributed by atoms with Crippen molar-refractivity contribution in [2.45, 2.75) is 44.2 Å². The number of likely N-dealkylation sites (tertiary alicyclic amines) is 2. The number of rotatable bonds is 3. The number of piperidine rings is 1. The molecule has 0 saturated carbocycles. The van der Waals surface area contributed by atoms with Crippen LogP contribution in [0.4, 0.5) is 0 Å². The summed E-state index contributed by atoms with van der Waals surface area (Å²) in [7, 11) is 0. The lowest BCUT2D eigenvalue weighted by atomic mass is 9.99. The van der Waals surface area contributed by atoms with Crippen molar-refractivity contribution in [3.05, 3.63) is 0 Å². The minimum atomic E-state index is -1.02. The van der Waals surface area contributed by atoms with E-state index in [-0.39, 0.29) is 11.9 Å². The predicted molar refractivity (Wildman–Crippen MR) is 70.6 cm³/mol. The van der Waals surface area contributed by atoms with Gasteiger partial charge in [0.15, 0.2) is 0 Å². The minimum Gasteiger partial charge on any atom is -0.480 e. The number of hydrogen-bond donors (Lipinski definition) is 2. The van der Waals surface area contributed by atoms with Crippen molar-refractivity contribution in [2.75, 3.05) is 26.2 Å². The molecule has 0 aromatic carbocycles. The van der Waals surface area contributed by atoms with E-state index < -0.39 is 11.5 Å². The van der Waals surface area contributed by atoms with Crippen LogP contribution in [0, 0.1) is 0 Å². The number of carbonyl (C=O) groups excluding carboxylic acids is 1. The molecule has 2 aliphatic heterocycles. The average molecular weight is 269 g/mol. The molecule has 6 heteroatoms. The molecule has 1 amide bonds. The number of aliphatic carboxylic acids is 1. The summed E-state index contributed by atoms with van der Waals surface area (Å²) in [6.07, 6.45) is 3.12. The maximum atomic E-state index is 12.3. The standard InChI is InChI=1S/C13H23N3O3/c1-13(12(18)19)5-2-6-16(13)11(17)9-15-7-3-10(14)4-8-15/h10H,2-9,14H2,1H3,(H,18,19). The average Bonchev–Trinajstić information content (AvgIpc) is 2.76. The van der Waals surface area contributed by atoms with Gasteiger partial charge in [0.05, 0.1) is 6.54 Å². The normalized spacial score (nSPS) is 29.7. The first kappa shape index (κ1) is 14.3. The third kappa shape index (κ3) is 2.90. The summed E-state index contributed by atoms with van der Waals surface area (Å²) in [6, 6.07) is 0.238. The Bertz CT molecular complexity index is 366. The van der Waals surface area contributed by atoms with Crippen molar-refractivity contribution in [3.8, 4) is 0 Å². The first-order chi connectivity index (χ1) is 8.93. The van der Waals surface area contributed by atoms with Gasteiger partial charge < -0.3 is 15.7 Å². The predicted octanol–water partition coefficient (Wildman–Crippen LogP) is -0.125. The van der Waals surface area contributed by atoms with Gasteiger partial charge in [0.25, 0.3) is 0 Å². The zero-order chi connectivity index (χ0) is 14.0. The van der Waals surface area contributed by atoms with E-state index in [0.29, 0.717) is 19.5 Å². The van der Waals surface area contributed by atoms with Gasteiger partial charge in [-0.1, -0.05) is 0 Å². The van der Waals surface area contributed by atoms with E-state index in [2.05, 4.69) is 4.90 Å². The molecule has 0 radical (unpaired) electrons. The van der Waals surface area contributed by atoms with E-state index in [1.165, 1.54) is 4.90 Å². The number of amides is 1. The molecule has 108 valence electrons. The number of hydrogen-bond acceptors (Lipinski definition) is 4. The van der Waals surface area contributed by atoms with Crippen LogP contribution in [0.3, 0.4) is 0 Å². The summed E-state index contributed by atoms with van der Waals surface area (Å²) >= 11 is 0. The van der Waals surface area contributed by atoms with Crippen LogP contribution in [0.5, 0.6) is 0 Å². The van der Waals surface area contributed by atoms with Gasteiger partial charge in [-0.2, -0.15) is 0 Å². The molecular weight excluding hydrogens is 246 g/mol. The Morgan fingerprint density at radius 2 is 1.95 bits per heavy atom. The number of nitrogens with two attached hydrogens (primary N) is 1. The summed E-state index contributed by atoms with van der Waals surface area (Å²) in [5.74, 6) is -0.975. The van der Waals surface area contributed by atoms with Crippen LogP contribution in [-0.2, 0) is 9.59 Å². The van der Waals surface area contributed by atoms with Crippen LogP contribution in [0.2, 0.25) is 0 Å². The molecule has 0 spiro atoms. The smallest absolute Gasteiger partial charge is 0.329 e. The van der Waals surface area contributed by atoms with Gasteiger partial charge in [-0.25, -0.2) is 4.79 Å². The molecule has 1 atom stereocenters. The Morgan fingerprint density at radius 3 is 2.53 bits per heavy atom. The highest BCUT2D eigenvalue weighted by Gasteiger charge is 2.45. The van der Waals surface area contributed by atoms with Crippen molar-refractivity contribution < 1.29 is 14.7 Å². The number of carboxylic acids is 1. The Kier molecular flexibility index (Phi) is 4.10. The van der Waals surface area contributed by atoms with E-state index in [0.717, 1.165) is 32.4 Å². The lowest BCUT2D eigenvalue weighted by Gasteiger charge is -2.35. The lowest BCUT2D eigenvalue weighted by Crippen LogP contribution is -2.54. The fraction of sp³-hybridized carbons (Fsp3) is 0.846. The van der Waals surface area contributed by atoms with Crippen molar-refractivity contribution in [1.29, 1.82) is 0 Å². The van der Waals surface area contributed by atoms with Crippen LogP contribution in [-0.4, -0.2) is 64.5 Å². The SMILES string of the molecule is CC1(C(=O)O)CCCN1C(=O)CN1CCC(N)CC1. The monoisotopic (exact) mass is 269 g/mol. The molecule has 2 fully saturated rings. The van der Waals surface area contributed by atoms with Gasteiger partial charge in [-0.3, -0.25) is 9.69 Å². The number of nitrogens with zero attached hydrogens (tertiary/aromatic N) is 2. The Hall–Kier alpha value is -1.14. The van der Waals surface area contributed by atoms with E-state index in [4.69, 9.17) is 5.73 Å². The molecule has 3 N–H and O–H groups in total. The molecule has 0 bridgehead atoms. The van der Waals surface area contributed by atoms with Gasteiger partial charge in [0.1, 0.15) is 5.54 Å². The highest BCUT2D eigenvalue weighted by atomic mass is 16.4.